The van der Waals surface area contributed by atoms with Gasteiger partial charge in [-0.3, -0.25) is 27.0 Å². The number of nitrogens with zero attached hydrogens (tertiary/aromatic N) is 13. The van der Waals surface area contributed by atoms with Gasteiger partial charge in [-0.15, -0.1) is 0 Å². The number of para-hydroxylation sites is 4. The fourth-order valence-electron chi connectivity index (χ4n) is 27.5. The summed E-state index contributed by atoms with van der Waals surface area (Å²) >= 11 is 0. The number of benzene rings is 16. The minimum Gasteiger partial charge on any atom is -0.300 e. The largest absolute Gasteiger partial charge is 0.300 e. The highest BCUT2D eigenvalue weighted by Crippen LogP contribution is 2.45. The molecule has 716 valence electrons. The molecule has 29 aromatic rings. The first kappa shape index (κ1) is 88.1. The van der Waals surface area contributed by atoms with Crippen molar-refractivity contribution >= 4 is 238 Å². The molecule has 150 heavy (non-hydrogen) atoms. The quantitative estimate of drug-likeness (QED) is 0.124. The Bertz CT molecular complexity index is 10700. The maximum absolute atomic E-state index is 5.05. The van der Waals surface area contributed by atoms with Crippen LogP contribution in [0.4, 0.5) is 0 Å². The van der Waals surface area contributed by atoms with E-state index < -0.39 is 32.3 Å². The van der Waals surface area contributed by atoms with Crippen LogP contribution in [0, 0.1) is 13.8 Å². The standard InChI is InChI=1S/2C28H20N2Si.C25H20N2.2C18H16N2Si.C16H11N3/c1-3-11-21(12-4-1)31(22-13-5-2-6-14-22)19-20-10-9-17-24-23-15-7-8-16-25(23)28-29-18-26(31)30(28)27(20)24;1-3-10-21(11-4-1)31(22-12-5-2-6-13-22)19-20-18-29-28-25-15-8-7-14-23(25)24-16-9-17-26(31)27(24)30(20)28;1-15-6-5-7-16(2)23(15)18-12-17-10-11-19-14-26-25-21-9-4-3-8-20(21)22(13-18)24(17)27(19)25;1-21(2)11-12-6-5-9-14-13-7-3-4-8-15(13)18-19-10-16(21)20(18)17(12)14;1-21(2)11-12-10-19-18-15-7-4-3-6-13(15)14-8-5-9-16(21)17(14)20(12)18;1-2-4-13-11(3-1)12-7-8-17-14-6-5-10-9-18-16(13)19(10)15(12)14/h2*1-18H,19H2;3-9,12-14H,10-11H2,1-2H3;2*3-10H,11H2,1-2H3;1-4,7-9H,5-6H2. The highest BCUT2D eigenvalue weighted by atomic mass is 28.3. The minimum atomic E-state index is -2.30. The average Bonchev–Trinajstić information content (AvgIpc) is 1.41. The van der Waals surface area contributed by atoms with Gasteiger partial charge in [-0.25, -0.2) is 29.9 Å². The van der Waals surface area contributed by atoms with Gasteiger partial charge in [0.2, 0.25) is 0 Å². The summed E-state index contributed by atoms with van der Waals surface area (Å²) < 4.78 is 14.5. The molecule has 17 heteroatoms. The molecule has 0 radical (unpaired) electrons. The second kappa shape index (κ2) is 33.7. The van der Waals surface area contributed by atoms with Crippen molar-refractivity contribution in [3.8, 4) is 11.1 Å². The van der Waals surface area contributed by atoms with Crippen LogP contribution in [0.3, 0.4) is 0 Å². The molecule has 0 fully saturated rings. The second-order valence-electron chi connectivity index (χ2n) is 43.2. The number of hydrogen-bond acceptors (Lipinski definition) is 7. The number of pyridine rings is 7. The van der Waals surface area contributed by atoms with Crippen LogP contribution in [-0.4, -0.2) is 93.6 Å². The van der Waals surface area contributed by atoms with Crippen LogP contribution in [0.2, 0.25) is 26.2 Å². The maximum atomic E-state index is 5.05. The normalized spacial score (nSPS) is 14.7. The summed E-state index contributed by atoms with van der Waals surface area (Å²) in [4.78, 5) is 33.5. The summed E-state index contributed by atoms with van der Waals surface area (Å²) in [6.07, 6.45) is 18.7. The van der Waals surface area contributed by atoms with Crippen LogP contribution >= 0.6 is 0 Å². The van der Waals surface area contributed by atoms with Crippen LogP contribution < -0.4 is 41.8 Å². The number of imidazole rings is 6. The molecule has 35 rings (SSSR count). The molecule has 13 nitrogen and oxygen atoms in total. The minimum absolute atomic E-state index is 1.01. The Morgan fingerprint density at radius 3 is 1.03 bits per heavy atom. The third kappa shape index (κ3) is 12.9. The molecule has 0 amide bonds. The van der Waals surface area contributed by atoms with Gasteiger partial charge in [0.25, 0.3) is 0 Å². The zero-order valence-corrected chi connectivity index (χ0v) is 88.3. The molecular formula is C133H103N13Si4. The lowest BCUT2D eigenvalue weighted by atomic mass is 9.89. The third-order valence-electron chi connectivity index (χ3n) is 34.0. The van der Waals surface area contributed by atoms with Gasteiger partial charge < -0.3 is 4.40 Å². The lowest BCUT2D eigenvalue weighted by Crippen LogP contribution is -2.71. The van der Waals surface area contributed by atoms with E-state index in [1.165, 1.54) is 246 Å². The molecule has 0 aliphatic carbocycles. The molecule has 0 bridgehead atoms. The molecule has 0 unspecified atom stereocenters. The molecule has 19 heterocycles. The average molecular weight is 2000 g/mol. The molecule has 0 N–H and O–H groups in total. The summed E-state index contributed by atoms with van der Waals surface area (Å²) in [6, 6.07) is 142. The second-order valence-corrected chi connectivity index (χ2v) is 60.2. The van der Waals surface area contributed by atoms with Crippen LogP contribution in [0.15, 0.2) is 419 Å². The molecule has 0 saturated carbocycles. The van der Waals surface area contributed by atoms with Crippen molar-refractivity contribution in [2.75, 3.05) is 0 Å². The summed E-state index contributed by atoms with van der Waals surface area (Å²) in [6.45, 7) is 14.3. The van der Waals surface area contributed by atoms with Crippen molar-refractivity contribution in [2.45, 2.75) is 89.9 Å². The Kier molecular flexibility index (Phi) is 19.8. The topological polar surface area (TPSA) is 117 Å². The molecule has 0 atom stereocenters. The Morgan fingerprint density at radius 1 is 0.213 bits per heavy atom. The van der Waals surface area contributed by atoms with E-state index in [9.17, 15) is 0 Å². The Hall–Kier alpha value is -17.2. The van der Waals surface area contributed by atoms with Gasteiger partial charge in [-0.1, -0.05) is 384 Å². The van der Waals surface area contributed by atoms with Gasteiger partial charge in [0.1, 0.15) is 42.0 Å². The van der Waals surface area contributed by atoms with Crippen molar-refractivity contribution in [1.29, 1.82) is 0 Å². The smallest absolute Gasteiger partial charge is 0.175 e. The monoisotopic (exact) mass is 1990 g/mol. The van der Waals surface area contributed by atoms with Crippen LogP contribution in [0.5, 0.6) is 0 Å². The van der Waals surface area contributed by atoms with E-state index in [4.69, 9.17) is 24.9 Å². The van der Waals surface area contributed by atoms with Crippen molar-refractivity contribution in [3.05, 3.63) is 476 Å². The van der Waals surface area contributed by atoms with E-state index in [0.717, 1.165) is 71.7 Å². The lowest BCUT2D eigenvalue weighted by molar-refractivity contribution is 0.845. The zero-order chi connectivity index (χ0) is 99.7. The summed E-state index contributed by atoms with van der Waals surface area (Å²) in [5.74, 6) is 0. The van der Waals surface area contributed by atoms with Crippen molar-refractivity contribution < 1.29 is 0 Å². The fourth-order valence-corrected chi connectivity index (χ4v) is 42.7. The molecule has 6 aliphatic rings. The van der Waals surface area contributed by atoms with Gasteiger partial charge in [0.05, 0.1) is 46.9 Å². The number of aromatic nitrogens is 13. The van der Waals surface area contributed by atoms with Crippen molar-refractivity contribution in [2.24, 2.45) is 0 Å². The zero-order valence-electron chi connectivity index (χ0n) is 84.3. The molecule has 6 aliphatic heterocycles. The van der Waals surface area contributed by atoms with Crippen LogP contribution in [-0.2, 0) is 49.9 Å². The van der Waals surface area contributed by atoms with Crippen LogP contribution in [0.25, 0.3) is 175 Å². The van der Waals surface area contributed by atoms with E-state index in [0.29, 0.717) is 0 Å². The Morgan fingerprint density at radius 2 is 0.547 bits per heavy atom. The predicted molar refractivity (Wildman–Crippen MR) is 633 cm³/mol. The first-order chi connectivity index (χ1) is 73.7. The Labute approximate surface area is 869 Å². The third-order valence-corrected chi connectivity index (χ3v) is 49.8. The van der Waals surface area contributed by atoms with Gasteiger partial charge in [-0.2, -0.15) is 0 Å². The molecule has 0 spiro atoms. The Balaban J connectivity index is 0.0000000834. The van der Waals surface area contributed by atoms with Crippen LogP contribution in [0.1, 0.15) is 56.3 Å². The number of rotatable bonds is 5. The summed E-state index contributed by atoms with van der Waals surface area (Å²) in [7, 11) is -7.45. The van der Waals surface area contributed by atoms with E-state index in [1.807, 2.05) is 12.4 Å². The van der Waals surface area contributed by atoms with Crippen molar-refractivity contribution in [1.82, 2.24) is 61.3 Å². The highest BCUT2D eigenvalue weighted by Gasteiger charge is 2.48. The SMILES string of the molecule is C[Si]1(C)Cc2cccc3c4ccccc4c4ncc1n4c23.C[Si]1(C)Cc2cnc3c4ccccc4c4cccc1c4n23.Cc1cccc(C)c1-c1cc2c3c(c1)c1ccccc1c1ncc(n13)CC2.c1ccc([Si]2(c3ccccc3)Cc3cccc4c5ccccc5c5ncc2n5c34)cc1.c1ccc([Si]2(c3ccccc3)Cc3cnc4c5ccccc5c5cccc2c5n34)cc1.c1ccc2c(c1)c1ccnc3c1n1c(cnc21)CC3. The van der Waals surface area contributed by atoms with E-state index in [2.05, 4.69) is 484 Å². The lowest BCUT2D eigenvalue weighted by Gasteiger charge is -2.37. The van der Waals surface area contributed by atoms with Crippen molar-refractivity contribution in [3.63, 3.8) is 0 Å². The number of fused-ring (bicyclic) bond motifs is 18. The van der Waals surface area contributed by atoms with E-state index >= 15 is 0 Å². The molecule has 16 aromatic carbocycles. The molecule has 13 aromatic heterocycles. The highest BCUT2D eigenvalue weighted by molar-refractivity contribution is 7.12. The van der Waals surface area contributed by atoms with E-state index in [1.54, 1.807) is 5.19 Å². The summed E-state index contributed by atoms with van der Waals surface area (Å²) in [5, 5.41) is 34.9. The number of hydrogen-bond donors (Lipinski definition) is 0. The number of aryl methyl sites for hydroxylation is 6. The van der Waals surface area contributed by atoms with Gasteiger partial charge in [-0.05, 0) is 184 Å². The fraction of sp³-hybridized carbons (Fsp3) is 0.105. The first-order valence-corrected chi connectivity index (χ1v) is 63.6. The van der Waals surface area contributed by atoms with Gasteiger partial charge in [0.15, 0.2) is 16.1 Å². The van der Waals surface area contributed by atoms with Gasteiger partial charge >= 0.3 is 0 Å². The summed E-state index contributed by atoms with van der Waals surface area (Å²) in [5.41, 5.74) is 30.9. The van der Waals surface area contributed by atoms with Gasteiger partial charge in [0, 0.05) is 141 Å². The predicted octanol–water partition coefficient (Wildman–Crippen LogP) is 24.9. The molecule has 0 saturated heterocycles. The first-order valence-electron chi connectivity index (χ1n) is 52.7. The molecular weight excluding hydrogens is 1890 g/mol. The maximum Gasteiger partial charge on any atom is 0.175 e. The van der Waals surface area contributed by atoms with E-state index in [-0.39, 0.29) is 0 Å².